The van der Waals surface area contributed by atoms with Crippen molar-refractivity contribution >= 4 is 16.0 Å². The van der Waals surface area contributed by atoms with E-state index >= 15 is 0 Å². The topological polar surface area (TPSA) is 87.7 Å². The van der Waals surface area contributed by atoms with Gasteiger partial charge >= 0.3 is 5.97 Å². The molecular formula is C23H31N3O4S. The molecule has 0 amide bonds. The number of esters is 1. The number of ether oxygens (including phenoxy) is 1. The molecule has 8 heteroatoms. The van der Waals surface area contributed by atoms with Crippen LogP contribution in [0.25, 0.3) is 0 Å². The lowest BCUT2D eigenvalue weighted by Gasteiger charge is -2.41. The summed E-state index contributed by atoms with van der Waals surface area (Å²) in [5.74, 6) is -0.436. The Bertz CT molecular complexity index is 954. The van der Waals surface area contributed by atoms with Crippen molar-refractivity contribution in [2.45, 2.75) is 38.5 Å². The first-order valence-corrected chi connectivity index (χ1v) is 12.1. The molecule has 2 N–H and O–H groups in total. The molecule has 0 bridgehead atoms. The summed E-state index contributed by atoms with van der Waals surface area (Å²) in [6.45, 7) is 5.98. The molecule has 1 unspecified atom stereocenters. The van der Waals surface area contributed by atoms with Gasteiger partial charge in [0.1, 0.15) is 0 Å². The third kappa shape index (κ3) is 6.61. The van der Waals surface area contributed by atoms with Gasteiger partial charge in [-0.1, -0.05) is 42.5 Å². The van der Waals surface area contributed by atoms with Crippen molar-refractivity contribution in [3.63, 3.8) is 0 Å². The Labute approximate surface area is 184 Å². The van der Waals surface area contributed by atoms with Crippen molar-refractivity contribution in [2.75, 3.05) is 26.0 Å². The van der Waals surface area contributed by atoms with Crippen LogP contribution in [0.15, 0.2) is 54.6 Å². The summed E-state index contributed by atoms with van der Waals surface area (Å²) >= 11 is 0. The van der Waals surface area contributed by atoms with Gasteiger partial charge in [-0.25, -0.2) is 17.9 Å². The second kappa shape index (κ2) is 10.4. The molecule has 1 heterocycles. The second-order valence-corrected chi connectivity index (χ2v) is 9.99. The summed E-state index contributed by atoms with van der Waals surface area (Å²) in [6, 6.07) is 16.9. The number of sulfonamides is 1. The van der Waals surface area contributed by atoms with Gasteiger partial charge in [0.05, 0.1) is 24.5 Å². The van der Waals surface area contributed by atoms with E-state index in [0.29, 0.717) is 17.6 Å². The molecule has 7 nitrogen and oxygen atoms in total. The Kier molecular flexibility index (Phi) is 7.83. The molecule has 3 rings (SSSR count). The minimum absolute atomic E-state index is 0.0172. The normalized spacial score (nSPS) is 20.9. The maximum Gasteiger partial charge on any atom is 0.337 e. The Hall–Kier alpha value is -2.26. The van der Waals surface area contributed by atoms with E-state index in [4.69, 9.17) is 0 Å². The van der Waals surface area contributed by atoms with Crippen LogP contribution in [0.5, 0.6) is 0 Å². The first kappa shape index (κ1) is 23.4. The number of nitrogens with zero attached hydrogens (tertiary/aromatic N) is 1. The van der Waals surface area contributed by atoms with Crippen molar-refractivity contribution in [1.82, 2.24) is 14.9 Å². The molecule has 0 aliphatic carbocycles. The van der Waals surface area contributed by atoms with Crippen LogP contribution in [-0.2, 0) is 21.3 Å². The van der Waals surface area contributed by atoms with Gasteiger partial charge in [-0.15, -0.1) is 0 Å². The lowest BCUT2D eigenvalue weighted by molar-refractivity contribution is 0.0600. The quantitative estimate of drug-likeness (QED) is 0.607. The predicted octanol–water partition coefficient (Wildman–Crippen LogP) is 2.32. The molecule has 0 spiro atoms. The molecule has 3 atom stereocenters. The van der Waals surface area contributed by atoms with Crippen LogP contribution in [0.3, 0.4) is 0 Å². The number of rotatable bonds is 8. The van der Waals surface area contributed by atoms with E-state index in [-0.39, 0.29) is 18.3 Å². The Morgan fingerprint density at radius 3 is 2.29 bits per heavy atom. The summed E-state index contributed by atoms with van der Waals surface area (Å²) in [5, 5.41) is 3.50. The van der Waals surface area contributed by atoms with E-state index in [1.54, 1.807) is 24.3 Å². The Morgan fingerprint density at radius 1 is 1.10 bits per heavy atom. The largest absolute Gasteiger partial charge is 0.465 e. The lowest BCUT2D eigenvalue weighted by Crippen LogP contribution is -2.56. The fourth-order valence-electron chi connectivity index (χ4n) is 4.05. The van der Waals surface area contributed by atoms with Crippen molar-refractivity contribution in [2.24, 2.45) is 0 Å². The number of benzene rings is 2. The molecule has 1 aliphatic rings. The zero-order chi connectivity index (χ0) is 22.4. The van der Waals surface area contributed by atoms with Crippen molar-refractivity contribution in [3.05, 3.63) is 71.3 Å². The maximum atomic E-state index is 13.0. The molecule has 1 saturated heterocycles. The maximum absolute atomic E-state index is 13.0. The van der Waals surface area contributed by atoms with E-state index in [9.17, 15) is 13.2 Å². The number of carbonyl (C=O) groups excluding carboxylic acids is 1. The lowest BCUT2D eigenvalue weighted by atomic mass is 10.0. The average Bonchev–Trinajstić information content (AvgIpc) is 2.76. The highest BCUT2D eigenvalue weighted by Gasteiger charge is 2.31. The molecular weight excluding hydrogens is 414 g/mol. The van der Waals surface area contributed by atoms with Crippen LogP contribution in [0.1, 0.15) is 41.4 Å². The smallest absolute Gasteiger partial charge is 0.337 e. The van der Waals surface area contributed by atoms with E-state index in [2.05, 4.69) is 33.5 Å². The summed E-state index contributed by atoms with van der Waals surface area (Å²) in [7, 11) is -2.22. The van der Waals surface area contributed by atoms with Crippen molar-refractivity contribution in [3.8, 4) is 0 Å². The van der Waals surface area contributed by atoms with Crippen LogP contribution in [0, 0.1) is 0 Å². The molecule has 0 radical (unpaired) electrons. The summed E-state index contributed by atoms with van der Waals surface area (Å²) in [4.78, 5) is 13.8. The van der Waals surface area contributed by atoms with Gasteiger partial charge in [0.2, 0.25) is 10.0 Å². The molecule has 168 valence electrons. The second-order valence-electron chi connectivity index (χ2n) is 8.14. The molecule has 1 fully saturated rings. The summed E-state index contributed by atoms with van der Waals surface area (Å²) in [5.41, 5.74) is 2.20. The number of carbonyl (C=O) groups is 1. The minimum Gasteiger partial charge on any atom is -0.465 e. The zero-order valence-corrected chi connectivity index (χ0v) is 19.1. The van der Waals surface area contributed by atoms with Gasteiger partial charge in [-0.05, 0) is 37.1 Å². The van der Waals surface area contributed by atoms with E-state index in [1.807, 2.05) is 30.3 Å². The third-order valence-corrected chi connectivity index (χ3v) is 6.80. The van der Waals surface area contributed by atoms with Gasteiger partial charge in [-0.2, -0.15) is 0 Å². The first-order chi connectivity index (χ1) is 14.8. The first-order valence-electron chi connectivity index (χ1n) is 10.5. The standard InChI is InChI=1S/C23H31N3O4S/c1-17-14-26(15-18(2)25-17)22(20-7-5-4-6-8-20)16-31(28,29)24-13-19-9-11-21(12-10-19)23(27)30-3/h4-12,17-18,22,24-25H,13-16H2,1-3H3/t17-,18+,22?. The number of hydrogen-bond donors (Lipinski definition) is 2. The van der Waals surface area contributed by atoms with E-state index < -0.39 is 16.0 Å². The number of hydrogen-bond acceptors (Lipinski definition) is 6. The van der Waals surface area contributed by atoms with Gasteiger partial charge in [0.25, 0.3) is 0 Å². The Morgan fingerprint density at radius 2 is 1.71 bits per heavy atom. The van der Waals surface area contributed by atoms with Gasteiger partial charge in [0, 0.05) is 31.7 Å². The Balaban J connectivity index is 1.71. The summed E-state index contributed by atoms with van der Waals surface area (Å²) < 4.78 is 33.4. The minimum atomic E-state index is -3.55. The number of piperazine rings is 1. The van der Waals surface area contributed by atoms with E-state index in [1.165, 1.54) is 7.11 Å². The SMILES string of the molecule is COC(=O)c1ccc(CNS(=O)(=O)CC(c2ccccc2)N2C[C@@H](C)N[C@@H](C)C2)cc1. The molecule has 31 heavy (non-hydrogen) atoms. The van der Waals surface area contributed by atoms with Crippen molar-refractivity contribution < 1.29 is 17.9 Å². The number of nitrogens with one attached hydrogen (secondary N) is 2. The highest BCUT2D eigenvalue weighted by molar-refractivity contribution is 7.89. The monoisotopic (exact) mass is 445 g/mol. The number of methoxy groups -OCH3 is 1. The van der Waals surface area contributed by atoms with Crippen LogP contribution < -0.4 is 10.0 Å². The van der Waals surface area contributed by atoms with Crippen LogP contribution in [0.4, 0.5) is 0 Å². The van der Waals surface area contributed by atoms with Crippen LogP contribution in [0.2, 0.25) is 0 Å². The van der Waals surface area contributed by atoms with Crippen LogP contribution >= 0.6 is 0 Å². The predicted molar refractivity (Wildman–Crippen MR) is 121 cm³/mol. The molecule has 0 aromatic heterocycles. The molecule has 2 aromatic carbocycles. The van der Waals surface area contributed by atoms with Gasteiger partial charge in [-0.3, -0.25) is 4.90 Å². The third-order valence-electron chi connectivity index (χ3n) is 5.46. The average molecular weight is 446 g/mol. The van der Waals surface area contributed by atoms with E-state index in [0.717, 1.165) is 24.2 Å². The highest BCUT2D eigenvalue weighted by Crippen LogP contribution is 2.25. The van der Waals surface area contributed by atoms with Gasteiger partial charge in [0.15, 0.2) is 0 Å². The van der Waals surface area contributed by atoms with Crippen molar-refractivity contribution in [1.29, 1.82) is 0 Å². The highest BCUT2D eigenvalue weighted by atomic mass is 32.2. The van der Waals surface area contributed by atoms with Gasteiger partial charge < -0.3 is 10.1 Å². The molecule has 1 aliphatic heterocycles. The summed E-state index contributed by atoms with van der Waals surface area (Å²) in [6.07, 6.45) is 0. The fourth-order valence-corrected chi connectivity index (χ4v) is 5.37. The van der Waals surface area contributed by atoms with Crippen LogP contribution in [-0.4, -0.2) is 57.3 Å². The fraction of sp³-hybridized carbons (Fsp3) is 0.435. The molecule has 2 aromatic rings. The molecule has 0 saturated carbocycles. The zero-order valence-electron chi connectivity index (χ0n) is 18.2.